The summed E-state index contributed by atoms with van der Waals surface area (Å²) in [5, 5.41) is 35.6. The Morgan fingerprint density at radius 3 is 1.42 bits per heavy atom. The van der Waals surface area contributed by atoms with Crippen molar-refractivity contribution >= 4 is 53.7 Å². The van der Waals surface area contributed by atoms with Gasteiger partial charge in [-0.1, -0.05) is 25.7 Å². The van der Waals surface area contributed by atoms with Crippen molar-refractivity contribution < 1.29 is 77.8 Å². The number of rotatable bonds is 17. The van der Waals surface area contributed by atoms with Crippen LogP contribution in [0.5, 0.6) is 0 Å². The fraction of sp³-hybridized carbons (Fsp3) is 0.618. The number of ether oxygens (including phenoxy) is 3. The van der Waals surface area contributed by atoms with Crippen LogP contribution >= 0.6 is 0 Å². The second-order valence-corrected chi connectivity index (χ2v) is 13.0. The third-order valence-electron chi connectivity index (χ3n) is 5.48. The minimum absolute atomic E-state index is 0.191. The third kappa shape index (κ3) is 39.3. The first-order valence-corrected chi connectivity index (χ1v) is 16.3. The molecule has 0 fully saturated rings. The fourth-order valence-corrected chi connectivity index (χ4v) is 3.44. The van der Waals surface area contributed by atoms with Crippen LogP contribution in [0.4, 0.5) is 0 Å². The number of nitrogens with two attached hydrogens (primary N) is 1. The standard InChI is InChI=1S/C16H25NO7.C12H23NO4.C4H2O3.C2H4O2/c1-16(2,3)24-14(21)8-6-4-5-7-11(15(22)23)17-12(18)9-10-13(19)20;1-12(2,3)17-10(14)8-6-4-5-7-9(13)11(15)16;5-3-1-2-4(6)7-3;1-2(3)4/h9-11H,4-8H2,1-3H3,(H,17,18)(H,19,20)(H,22,23);9H,4-8,13H2,1-3H3,(H,15,16);1-2H;1H3,(H,3,4)/b10-9-;;;/t11-;9-;;/m00../s1. The number of amides is 1. The highest BCUT2D eigenvalue weighted by Crippen LogP contribution is 2.13. The Labute approximate surface area is 302 Å². The van der Waals surface area contributed by atoms with E-state index in [2.05, 4.69) is 10.1 Å². The fourth-order valence-electron chi connectivity index (χ4n) is 3.44. The van der Waals surface area contributed by atoms with E-state index in [9.17, 15) is 38.4 Å². The number of esters is 4. The molecule has 7 N–H and O–H groups in total. The van der Waals surface area contributed by atoms with Gasteiger partial charge in [0.15, 0.2) is 0 Å². The summed E-state index contributed by atoms with van der Waals surface area (Å²) in [6, 6.07) is -1.89. The third-order valence-corrected chi connectivity index (χ3v) is 5.48. The number of aliphatic carboxylic acids is 4. The number of carbonyl (C=O) groups excluding carboxylic acids is 5. The summed E-state index contributed by atoms with van der Waals surface area (Å²) < 4.78 is 14.3. The van der Waals surface area contributed by atoms with Crippen molar-refractivity contribution in [3.05, 3.63) is 24.3 Å². The van der Waals surface area contributed by atoms with Crippen molar-refractivity contribution in [1.82, 2.24) is 5.32 Å². The Balaban J connectivity index is -0.000000733. The zero-order valence-electron chi connectivity index (χ0n) is 30.8. The van der Waals surface area contributed by atoms with Gasteiger partial charge in [0.05, 0.1) is 0 Å². The highest BCUT2D eigenvalue weighted by atomic mass is 16.6. The van der Waals surface area contributed by atoms with Crippen LogP contribution in [-0.2, 0) is 57.4 Å². The lowest BCUT2D eigenvalue weighted by Crippen LogP contribution is -2.40. The Morgan fingerprint density at radius 2 is 1.12 bits per heavy atom. The molecule has 0 bridgehead atoms. The second-order valence-electron chi connectivity index (χ2n) is 13.0. The molecule has 0 unspecified atom stereocenters. The molecule has 0 saturated carbocycles. The number of carbonyl (C=O) groups is 9. The Kier molecular flexibility index (Phi) is 27.2. The molecule has 0 radical (unpaired) electrons. The van der Waals surface area contributed by atoms with Crippen LogP contribution in [0.2, 0.25) is 0 Å². The molecule has 2 atom stereocenters. The quantitative estimate of drug-likeness (QED) is 0.0410. The largest absolute Gasteiger partial charge is 0.481 e. The number of carboxylic acids is 4. The summed E-state index contributed by atoms with van der Waals surface area (Å²) in [6.07, 6.45) is 8.74. The highest BCUT2D eigenvalue weighted by Gasteiger charge is 2.20. The lowest BCUT2D eigenvalue weighted by molar-refractivity contribution is -0.156. The first-order chi connectivity index (χ1) is 23.7. The average molecular weight is 747 g/mol. The predicted molar refractivity (Wildman–Crippen MR) is 183 cm³/mol. The van der Waals surface area contributed by atoms with E-state index >= 15 is 0 Å². The predicted octanol–water partition coefficient (Wildman–Crippen LogP) is 2.90. The Morgan fingerprint density at radius 1 is 0.712 bits per heavy atom. The molecular weight excluding hydrogens is 692 g/mol. The van der Waals surface area contributed by atoms with E-state index in [1.165, 1.54) is 0 Å². The average Bonchev–Trinajstić information content (AvgIpc) is 3.35. The monoisotopic (exact) mass is 746 g/mol. The molecule has 0 aliphatic carbocycles. The molecule has 1 aliphatic rings. The van der Waals surface area contributed by atoms with Gasteiger partial charge in [0, 0.05) is 44.1 Å². The molecule has 1 amide bonds. The van der Waals surface area contributed by atoms with Gasteiger partial charge < -0.3 is 45.7 Å². The van der Waals surface area contributed by atoms with Crippen LogP contribution in [-0.4, -0.2) is 97.4 Å². The van der Waals surface area contributed by atoms with Gasteiger partial charge in [-0.05, 0) is 67.2 Å². The zero-order valence-corrected chi connectivity index (χ0v) is 30.8. The number of hydrogen-bond acceptors (Lipinski definition) is 13. The number of unbranched alkanes of at least 4 members (excludes halogenated alkanes) is 4. The molecule has 18 nitrogen and oxygen atoms in total. The lowest BCUT2D eigenvalue weighted by Gasteiger charge is -2.19. The summed E-state index contributed by atoms with van der Waals surface area (Å²) in [6.45, 7) is 11.9. The van der Waals surface area contributed by atoms with Gasteiger partial charge in [-0.25, -0.2) is 19.2 Å². The van der Waals surface area contributed by atoms with Crippen molar-refractivity contribution in [2.24, 2.45) is 5.73 Å². The second kappa shape index (κ2) is 27.6. The van der Waals surface area contributed by atoms with E-state index < -0.39 is 65.0 Å². The molecule has 18 heteroatoms. The molecule has 0 saturated heterocycles. The number of carboxylic acid groups (broad SMARTS) is 4. The molecule has 0 aromatic heterocycles. The van der Waals surface area contributed by atoms with Gasteiger partial charge in [-0.3, -0.25) is 24.0 Å². The number of cyclic esters (lactones) is 2. The van der Waals surface area contributed by atoms with Crippen LogP contribution in [0.15, 0.2) is 24.3 Å². The normalized spacial score (nSPS) is 13.0. The summed E-state index contributed by atoms with van der Waals surface area (Å²) >= 11 is 0. The van der Waals surface area contributed by atoms with Crippen LogP contribution in [0.25, 0.3) is 0 Å². The smallest absolute Gasteiger partial charge is 0.338 e. The lowest BCUT2D eigenvalue weighted by atomic mass is 10.1. The topological polar surface area (TPSA) is 300 Å². The maximum absolute atomic E-state index is 11.5. The van der Waals surface area contributed by atoms with E-state index in [-0.39, 0.29) is 24.8 Å². The molecule has 52 heavy (non-hydrogen) atoms. The van der Waals surface area contributed by atoms with Gasteiger partial charge in [-0.2, -0.15) is 0 Å². The van der Waals surface area contributed by atoms with Crippen molar-refractivity contribution in [3.8, 4) is 0 Å². The Hall–Kier alpha value is -5.13. The maximum Gasteiger partial charge on any atom is 0.338 e. The molecule has 0 aromatic carbocycles. The molecule has 1 rings (SSSR count). The summed E-state index contributed by atoms with van der Waals surface area (Å²) in [7, 11) is 0. The molecule has 0 aromatic rings. The van der Waals surface area contributed by atoms with Crippen molar-refractivity contribution in [3.63, 3.8) is 0 Å². The van der Waals surface area contributed by atoms with Crippen molar-refractivity contribution in [2.45, 2.75) is 136 Å². The first kappa shape index (κ1) is 51.2. The van der Waals surface area contributed by atoms with Crippen LogP contribution in [0.1, 0.15) is 113 Å². The van der Waals surface area contributed by atoms with Gasteiger partial charge in [0.2, 0.25) is 5.91 Å². The van der Waals surface area contributed by atoms with Crippen molar-refractivity contribution in [1.29, 1.82) is 0 Å². The zero-order chi connectivity index (χ0) is 41.1. The van der Waals surface area contributed by atoms with Gasteiger partial charge in [-0.15, -0.1) is 0 Å². The van der Waals surface area contributed by atoms with E-state index in [0.717, 1.165) is 38.0 Å². The van der Waals surface area contributed by atoms with Gasteiger partial charge in [0.25, 0.3) is 5.97 Å². The molecular formula is C34H54N2O16. The summed E-state index contributed by atoms with van der Waals surface area (Å²) in [5.41, 5.74) is 4.38. The van der Waals surface area contributed by atoms with Crippen LogP contribution in [0.3, 0.4) is 0 Å². The van der Waals surface area contributed by atoms with E-state index in [1.54, 1.807) is 20.8 Å². The van der Waals surface area contributed by atoms with Gasteiger partial charge in [0.1, 0.15) is 23.3 Å². The van der Waals surface area contributed by atoms with Gasteiger partial charge >= 0.3 is 41.8 Å². The minimum Gasteiger partial charge on any atom is -0.481 e. The molecule has 1 aliphatic heterocycles. The van der Waals surface area contributed by atoms with E-state index in [0.29, 0.717) is 44.6 Å². The highest BCUT2D eigenvalue weighted by molar-refractivity contribution is 6.05. The van der Waals surface area contributed by atoms with E-state index in [4.69, 9.17) is 40.4 Å². The molecule has 0 spiro atoms. The van der Waals surface area contributed by atoms with Crippen molar-refractivity contribution in [2.75, 3.05) is 0 Å². The molecule has 1 heterocycles. The van der Waals surface area contributed by atoms with Crippen LogP contribution in [0, 0.1) is 0 Å². The summed E-state index contributed by atoms with van der Waals surface area (Å²) in [4.78, 5) is 94.9. The number of nitrogens with one attached hydrogen (secondary N) is 1. The Bertz CT molecular complexity index is 1240. The van der Waals surface area contributed by atoms with Crippen LogP contribution < -0.4 is 11.1 Å². The molecule has 296 valence electrons. The van der Waals surface area contributed by atoms with E-state index in [1.807, 2.05) is 20.8 Å². The number of hydrogen-bond donors (Lipinski definition) is 6. The SMILES string of the molecule is CC(=O)O.CC(C)(C)OC(=O)CCCCC[C@H](N)C(=O)O.CC(C)(C)OC(=O)CCCCC[C@H](NC(=O)/C=C\C(=O)O)C(=O)O.O=C1C=CC(=O)O1. The minimum atomic E-state index is -1.29. The first-order valence-electron chi connectivity index (χ1n) is 16.3. The maximum atomic E-state index is 11.5. The summed E-state index contributed by atoms with van der Waals surface area (Å²) in [5.74, 6) is -6.74.